The Labute approximate surface area is 108 Å². The van der Waals surface area contributed by atoms with Gasteiger partial charge in [-0.1, -0.05) is 38.3 Å². The van der Waals surface area contributed by atoms with Crippen LogP contribution in [0.2, 0.25) is 0 Å². The molecular formula is C15H21N3. The first-order chi connectivity index (χ1) is 8.73. The van der Waals surface area contributed by atoms with Crippen molar-refractivity contribution in [1.82, 2.24) is 9.97 Å². The van der Waals surface area contributed by atoms with E-state index < -0.39 is 0 Å². The number of para-hydroxylation sites is 1. The average Bonchev–Trinajstić information content (AvgIpc) is 2.84. The van der Waals surface area contributed by atoms with Crippen molar-refractivity contribution in [2.75, 3.05) is 0 Å². The van der Waals surface area contributed by atoms with E-state index in [0.717, 1.165) is 22.4 Å². The maximum absolute atomic E-state index is 5.78. The highest BCUT2D eigenvalue weighted by atomic mass is 14.9. The van der Waals surface area contributed by atoms with Gasteiger partial charge in [-0.05, 0) is 24.5 Å². The van der Waals surface area contributed by atoms with Crippen molar-refractivity contribution in [3.63, 3.8) is 0 Å². The Hall–Kier alpha value is -1.35. The smallest absolute Gasteiger partial charge is 0.113 e. The Balaban J connectivity index is 2.07. The molecular weight excluding hydrogens is 222 g/mol. The molecule has 2 aromatic rings. The second-order valence-electron chi connectivity index (χ2n) is 5.72. The number of nitrogens with zero attached hydrogens (tertiary/aromatic N) is 1. The quantitative estimate of drug-likeness (QED) is 0.850. The van der Waals surface area contributed by atoms with Crippen LogP contribution in [0.15, 0.2) is 18.2 Å². The zero-order valence-electron chi connectivity index (χ0n) is 11.0. The first kappa shape index (κ1) is 11.7. The van der Waals surface area contributed by atoms with Crippen LogP contribution in [0.3, 0.4) is 0 Å². The summed E-state index contributed by atoms with van der Waals surface area (Å²) in [4.78, 5) is 8.36. The van der Waals surface area contributed by atoms with E-state index in [4.69, 9.17) is 10.7 Å². The van der Waals surface area contributed by atoms with Crippen molar-refractivity contribution in [2.24, 2.45) is 5.73 Å². The van der Waals surface area contributed by atoms with Gasteiger partial charge in [0.05, 0.1) is 11.0 Å². The predicted octanol–water partition coefficient (Wildman–Crippen LogP) is 3.24. The van der Waals surface area contributed by atoms with Gasteiger partial charge in [-0.2, -0.15) is 0 Å². The molecule has 3 N–H and O–H groups in total. The molecule has 1 saturated carbocycles. The summed E-state index contributed by atoms with van der Waals surface area (Å²) in [7, 11) is 0. The molecule has 0 radical (unpaired) electrons. The highest BCUT2D eigenvalue weighted by molar-refractivity contribution is 5.79. The van der Waals surface area contributed by atoms with E-state index in [-0.39, 0.29) is 5.41 Å². The fourth-order valence-corrected chi connectivity index (χ4v) is 3.11. The number of aromatic amines is 1. The molecule has 0 amide bonds. The van der Waals surface area contributed by atoms with Crippen LogP contribution in [0.25, 0.3) is 11.0 Å². The summed E-state index contributed by atoms with van der Waals surface area (Å²) in [6, 6.07) is 6.21. The van der Waals surface area contributed by atoms with Crippen molar-refractivity contribution in [3.8, 4) is 0 Å². The molecule has 1 aliphatic rings. The molecule has 96 valence electrons. The summed E-state index contributed by atoms with van der Waals surface area (Å²) < 4.78 is 0. The van der Waals surface area contributed by atoms with E-state index in [0.29, 0.717) is 6.54 Å². The van der Waals surface area contributed by atoms with Gasteiger partial charge in [-0.15, -0.1) is 0 Å². The van der Waals surface area contributed by atoms with Gasteiger partial charge in [-0.25, -0.2) is 4.98 Å². The van der Waals surface area contributed by atoms with Gasteiger partial charge < -0.3 is 10.7 Å². The minimum Gasteiger partial charge on any atom is -0.342 e. The molecule has 0 atom stereocenters. The molecule has 1 aromatic heterocycles. The van der Waals surface area contributed by atoms with E-state index in [2.05, 4.69) is 30.1 Å². The number of H-pyrrole nitrogens is 1. The van der Waals surface area contributed by atoms with Gasteiger partial charge in [0.25, 0.3) is 0 Å². The molecule has 0 bridgehead atoms. The van der Waals surface area contributed by atoms with E-state index in [9.17, 15) is 0 Å². The maximum atomic E-state index is 5.78. The summed E-state index contributed by atoms with van der Waals surface area (Å²) in [5, 5.41) is 0. The molecule has 1 heterocycles. The molecule has 0 spiro atoms. The molecule has 0 unspecified atom stereocenters. The highest BCUT2D eigenvalue weighted by Crippen LogP contribution is 2.38. The van der Waals surface area contributed by atoms with E-state index in [1.807, 2.05) is 0 Å². The van der Waals surface area contributed by atoms with Crippen molar-refractivity contribution in [1.29, 1.82) is 0 Å². The van der Waals surface area contributed by atoms with Gasteiger partial charge in [0.15, 0.2) is 0 Å². The molecule has 3 heteroatoms. The molecule has 18 heavy (non-hydrogen) atoms. The van der Waals surface area contributed by atoms with Gasteiger partial charge in [0.2, 0.25) is 0 Å². The zero-order chi connectivity index (χ0) is 12.6. The van der Waals surface area contributed by atoms with Crippen molar-refractivity contribution < 1.29 is 0 Å². The van der Waals surface area contributed by atoms with Crippen LogP contribution in [-0.4, -0.2) is 9.97 Å². The first-order valence-corrected chi connectivity index (χ1v) is 6.91. The molecule has 1 aliphatic carbocycles. The van der Waals surface area contributed by atoms with E-state index in [1.165, 1.54) is 32.1 Å². The SMILES string of the molecule is CC1(c2nc3c(CN)cccc3[nH]2)CCCCC1. The van der Waals surface area contributed by atoms with Crippen LogP contribution in [0.1, 0.15) is 50.4 Å². The number of hydrogen-bond acceptors (Lipinski definition) is 2. The summed E-state index contributed by atoms with van der Waals surface area (Å²) in [6.07, 6.45) is 6.48. The van der Waals surface area contributed by atoms with Crippen LogP contribution >= 0.6 is 0 Å². The fourth-order valence-electron chi connectivity index (χ4n) is 3.11. The molecule has 0 aliphatic heterocycles. The Kier molecular flexibility index (Phi) is 2.86. The average molecular weight is 243 g/mol. The van der Waals surface area contributed by atoms with Crippen LogP contribution in [0.5, 0.6) is 0 Å². The number of hydrogen-bond donors (Lipinski definition) is 2. The Morgan fingerprint density at radius 3 is 2.78 bits per heavy atom. The van der Waals surface area contributed by atoms with Crippen LogP contribution < -0.4 is 5.73 Å². The standard InChI is InChI=1S/C15H21N3/c1-15(8-3-2-4-9-15)14-17-12-7-5-6-11(10-16)13(12)18-14/h5-7H,2-4,8-10,16H2,1H3,(H,17,18). The molecule has 3 nitrogen and oxygen atoms in total. The van der Waals surface area contributed by atoms with E-state index >= 15 is 0 Å². The third kappa shape index (κ3) is 1.83. The number of imidazole rings is 1. The zero-order valence-corrected chi connectivity index (χ0v) is 11.0. The third-order valence-corrected chi connectivity index (χ3v) is 4.34. The summed E-state index contributed by atoms with van der Waals surface area (Å²) in [5.74, 6) is 1.15. The van der Waals surface area contributed by atoms with Crippen molar-refractivity contribution in [2.45, 2.75) is 51.0 Å². The largest absolute Gasteiger partial charge is 0.342 e. The minimum atomic E-state index is 0.225. The lowest BCUT2D eigenvalue weighted by molar-refractivity contribution is 0.306. The topological polar surface area (TPSA) is 54.7 Å². The molecule has 1 fully saturated rings. The number of benzene rings is 1. The van der Waals surface area contributed by atoms with Crippen LogP contribution in [0.4, 0.5) is 0 Å². The van der Waals surface area contributed by atoms with Crippen LogP contribution in [-0.2, 0) is 12.0 Å². The lowest BCUT2D eigenvalue weighted by atomic mass is 9.75. The second-order valence-corrected chi connectivity index (χ2v) is 5.72. The van der Waals surface area contributed by atoms with Crippen molar-refractivity contribution >= 4 is 11.0 Å². The second kappa shape index (κ2) is 4.39. The molecule has 1 aromatic carbocycles. The van der Waals surface area contributed by atoms with Crippen LogP contribution in [0, 0.1) is 0 Å². The lowest BCUT2D eigenvalue weighted by Gasteiger charge is -2.31. The number of fused-ring (bicyclic) bond motifs is 1. The Morgan fingerprint density at radius 2 is 2.06 bits per heavy atom. The first-order valence-electron chi connectivity index (χ1n) is 6.91. The summed E-state index contributed by atoms with van der Waals surface area (Å²) >= 11 is 0. The Morgan fingerprint density at radius 1 is 1.28 bits per heavy atom. The van der Waals surface area contributed by atoms with Gasteiger partial charge in [0, 0.05) is 12.0 Å². The summed E-state index contributed by atoms with van der Waals surface area (Å²) in [6.45, 7) is 2.89. The fraction of sp³-hybridized carbons (Fsp3) is 0.533. The minimum absolute atomic E-state index is 0.225. The van der Waals surface area contributed by atoms with Gasteiger partial charge in [-0.3, -0.25) is 0 Å². The van der Waals surface area contributed by atoms with Crippen molar-refractivity contribution in [3.05, 3.63) is 29.6 Å². The molecule has 3 rings (SSSR count). The highest BCUT2D eigenvalue weighted by Gasteiger charge is 2.31. The maximum Gasteiger partial charge on any atom is 0.113 e. The van der Waals surface area contributed by atoms with Gasteiger partial charge in [0.1, 0.15) is 5.82 Å². The normalized spacial score (nSPS) is 19.2. The number of nitrogens with one attached hydrogen (secondary N) is 1. The third-order valence-electron chi connectivity index (χ3n) is 4.34. The predicted molar refractivity (Wildman–Crippen MR) is 74.4 cm³/mol. The van der Waals surface area contributed by atoms with Gasteiger partial charge >= 0.3 is 0 Å². The number of aromatic nitrogens is 2. The molecule has 0 saturated heterocycles. The Bertz CT molecular complexity index is 550. The number of rotatable bonds is 2. The lowest BCUT2D eigenvalue weighted by Crippen LogP contribution is -2.26. The summed E-state index contributed by atoms with van der Waals surface area (Å²) in [5.41, 5.74) is 9.32. The van der Waals surface area contributed by atoms with E-state index in [1.54, 1.807) is 0 Å². The monoisotopic (exact) mass is 243 g/mol. The number of nitrogens with two attached hydrogens (primary N) is 1.